The Bertz CT molecular complexity index is 645. The Morgan fingerprint density at radius 3 is 2.57 bits per heavy atom. The molecule has 0 saturated heterocycles. The summed E-state index contributed by atoms with van der Waals surface area (Å²) in [6.45, 7) is 2.39. The lowest BCUT2D eigenvalue weighted by Gasteiger charge is -2.11. The summed E-state index contributed by atoms with van der Waals surface area (Å²) in [5.74, 6) is -0.437. The highest BCUT2D eigenvalue weighted by molar-refractivity contribution is 7.12. The average Bonchev–Trinajstić information content (AvgIpc) is 3.01. The Balaban J connectivity index is 0.00000264. The minimum atomic E-state index is -0.220. The number of rotatable bonds is 6. The first-order valence-electron chi connectivity index (χ1n) is 7.05. The van der Waals surface area contributed by atoms with Crippen LogP contribution in [0, 0.1) is 0 Å². The van der Waals surface area contributed by atoms with E-state index in [1.165, 1.54) is 11.3 Å². The Kier molecular flexibility index (Phi) is 7.74. The molecule has 4 N–H and O–H groups in total. The molecule has 1 aromatic heterocycles. The number of para-hydroxylation sites is 1. The topological polar surface area (TPSA) is 84.2 Å². The van der Waals surface area contributed by atoms with Crippen LogP contribution in [0.25, 0.3) is 0 Å². The van der Waals surface area contributed by atoms with Crippen LogP contribution in [0.4, 0.5) is 5.69 Å². The number of carbonyl (C=O) groups excluding carboxylic acids is 2. The fourth-order valence-corrected chi connectivity index (χ4v) is 2.51. The number of hydrogen-bond donors (Lipinski definition) is 3. The maximum Gasteiger partial charge on any atom is 0.265 e. The molecule has 0 aliphatic heterocycles. The second-order valence-electron chi connectivity index (χ2n) is 5.00. The SMILES string of the molecule is CC(N)CCNC(=O)c1ccccc1NC(=O)c1cccs1.Cl. The molecule has 0 bridgehead atoms. The molecule has 2 rings (SSSR count). The third kappa shape index (κ3) is 5.67. The van der Waals surface area contributed by atoms with Crippen LogP contribution in [0.3, 0.4) is 0 Å². The Morgan fingerprint density at radius 1 is 1.17 bits per heavy atom. The second kappa shape index (κ2) is 9.29. The number of carbonyl (C=O) groups is 2. The van der Waals surface area contributed by atoms with Crippen LogP contribution < -0.4 is 16.4 Å². The molecule has 0 fully saturated rings. The van der Waals surface area contributed by atoms with E-state index in [1.807, 2.05) is 18.4 Å². The summed E-state index contributed by atoms with van der Waals surface area (Å²) in [4.78, 5) is 24.9. The van der Waals surface area contributed by atoms with Gasteiger partial charge in [-0.3, -0.25) is 9.59 Å². The number of thiophene rings is 1. The summed E-state index contributed by atoms with van der Waals surface area (Å²) >= 11 is 1.36. The van der Waals surface area contributed by atoms with Gasteiger partial charge in [0.1, 0.15) is 0 Å². The van der Waals surface area contributed by atoms with Crippen LogP contribution in [0.1, 0.15) is 33.4 Å². The third-order valence-electron chi connectivity index (χ3n) is 3.05. The first-order valence-corrected chi connectivity index (χ1v) is 7.93. The van der Waals surface area contributed by atoms with Gasteiger partial charge < -0.3 is 16.4 Å². The van der Waals surface area contributed by atoms with Gasteiger partial charge in [-0.15, -0.1) is 23.7 Å². The minimum absolute atomic E-state index is 0. The predicted molar refractivity (Wildman–Crippen MR) is 96.6 cm³/mol. The Labute approximate surface area is 145 Å². The zero-order valence-electron chi connectivity index (χ0n) is 12.7. The molecule has 1 atom stereocenters. The first kappa shape index (κ1) is 19.2. The lowest BCUT2D eigenvalue weighted by Crippen LogP contribution is -2.29. The van der Waals surface area contributed by atoms with Gasteiger partial charge in [0.15, 0.2) is 0 Å². The predicted octanol–water partition coefficient (Wildman–Crippen LogP) is 2.89. The van der Waals surface area contributed by atoms with Crippen molar-refractivity contribution in [1.82, 2.24) is 5.32 Å². The molecule has 2 amide bonds. The van der Waals surface area contributed by atoms with Crippen molar-refractivity contribution in [1.29, 1.82) is 0 Å². The first-order chi connectivity index (χ1) is 10.6. The Hall–Kier alpha value is -1.89. The fraction of sp³-hybridized carbons (Fsp3) is 0.250. The highest BCUT2D eigenvalue weighted by Gasteiger charge is 2.14. The molecule has 124 valence electrons. The van der Waals surface area contributed by atoms with Crippen molar-refractivity contribution in [2.75, 3.05) is 11.9 Å². The normalized spacial score (nSPS) is 11.2. The maximum atomic E-state index is 12.2. The van der Waals surface area contributed by atoms with Crippen molar-refractivity contribution in [2.45, 2.75) is 19.4 Å². The Morgan fingerprint density at radius 2 is 1.91 bits per heavy atom. The molecule has 7 heteroatoms. The summed E-state index contributed by atoms with van der Waals surface area (Å²) in [5, 5.41) is 7.42. The van der Waals surface area contributed by atoms with Gasteiger partial charge >= 0.3 is 0 Å². The zero-order chi connectivity index (χ0) is 15.9. The number of anilines is 1. The minimum Gasteiger partial charge on any atom is -0.352 e. The van der Waals surface area contributed by atoms with E-state index in [9.17, 15) is 9.59 Å². The van der Waals surface area contributed by atoms with E-state index in [4.69, 9.17) is 5.73 Å². The summed E-state index contributed by atoms with van der Waals surface area (Å²) in [7, 11) is 0. The number of benzene rings is 1. The van der Waals surface area contributed by atoms with Gasteiger partial charge in [-0.1, -0.05) is 18.2 Å². The van der Waals surface area contributed by atoms with E-state index < -0.39 is 0 Å². The average molecular weight is 354 g/mol. The smallest absolute Gasteiger partial charge is 0.265 e. The van der Waals surface area contributed by atoms with Crippen LogP contribution in [0.5, 0.6) is 0 Å². The standard InChI is InChI=1S/C16H19N3O2S.ClH/c1-11(17)8-9-18-15(20)12-5-2-3-6-13(12)19-16(21)14-7-4-10-22-14;/h2-7,10-11H,8-9,17H2,1H3,(H,18,20)(H,19,21);1H. The van der Waals surface area contributed by atoms with Crippen LogP contribution in [0.2, 0.25) is 0 Å². The van der Waals surface area contributed by atoms with Gasteiger partial charge in [-0.25, -0.2) is 0 Å². The second-order valence-corrected chi connectivity index (χ2v) is 5.95. The van der Waals surface area contributed by atoms with Crippen molar-refractivity contribution >= 4 is 41.2 Å². The number of hydrogen-bond acceptors (Lipinski definition) is 4. The van der Waals surface area contributed by atoms with Crippen LogP contribution in [-0.2, 0) is 0 Å². The van der Waals surface area contributed by atoms with Crippen molar-refractivity contribution in [3.8, 4) is 0 Å². The van der Waals surface area contributed by atoms with Gasteiger partial charge in [-0.05, 0) is 36.9 Å². The van der Waals surface area contributed by atoms with E-state index in [-0.39, 0.29) is 30.3 Å². The molecule has 1 unspecified atom stereocenters. The van der Waals surface area contributed by atoms with Gasteiger partial charge in [0.25, 0.3) is 11.8 Å². The van der Waals surface area contributed by atoms with Crippen molar-refractivity contribution < 1.29 is 9.59 Å². The summed E-state index contributed by atoms with van der Waals surface area (Å²) in [6.07, 6.45) is 0.704. The van der Waals surface area contributed by atoms with Crippen molar-refractivity contribution in [3.05, 3.63) is 52.2 Å². The number of nitrogens with one attached hydrogen (secondary N) is 2. The number of amides is 2. The van der Waals surface area contributed by atoms with Crippen LogP contribution in [-0.4, -0.2) is 24.4 Å². The van der Waals surface area contributed by atoms with E-state index in [0.717, 1.165) is 0 Å². The number of halogens is 1. The van der Waals surface area contributed by atoms with E-state index in [1.54, 1.807) is 30.3 Å². The summed E-state index contributed by atoms with van der Waals surface area (Å²) in [6, 6.07) is 10.5. The molecular weight excluding hydrogens is 334 g/mol. The maximum absolute atomic E-state index is 12.2. The monoisotopic (exact) mass is 353 g/mol. The quantitative estimate of drug-likeness (QED) is 0.746. The molecule has 1 heterocycles. The zero-order valence-corrected chi connectivity index (χ0v) is 14.4. The van der Waals surface area contributed by atoms with Crippen molar-refractivity contribution in [3.63, 3.8) is 0 Å². The lowest BCUT2D eigenvalue weighted by atomic mass is 10.1. The molecule has 0 spiro atoms. The lowest BCUT2D eigenvalue weighted by molar-refractivity contribution is 0.0953. The fourth-order valence-electron chi connectivity index (χ4n) is 1.89. The molecule has 0 aliphatic carbocycles. The summed E-state index contributed by atoms with van der Waals surface area (Å²) < 4.78 is 0. The summed E-state index contributed by atoms with van der Waals surface area (Å²) in [5.41, 5.74) is 6.60. The van der Waals surface area contributed by atoms with E-state index >= 15 is 0 Å². The molecule has 0 radical (unpaired) electrons. The molecule has 2 aromatic rings. The number of nitrogens with two attached hydrogens (primary N) is 1. The molecule has 1 aromatic carbocycles. The highest BCUT2D eigenvalue weighted by Crippen LogP contribution is 2.17. The molecule has 5 nitrogen and oxygen atoms in total. The molecule has 0 aliphatic rings. The van der Waals surface area contributed by atoms with Crippen molar-refractivity contribution in [2.24, 2.45) is 5.73 Å². The largest absolute Gasteiger partial charge is 0.352 e. The van der Waals surface area contributed by atoms with Crippen LogP contribution >= 0.6 is 23.7 Å². The van der Waals surface area contributed by atoms with Crippen LogP contribution in [0.15, 0.2) is 41.8 Å². The van der Waals surface area contributed by atoms with Gasteiger partial charge in [0.05, 0.1) is 16.1 Å². The van der Waals surface area contributed by atoms with E-state index in [0.29, 0.717) is 29.1 Å². The van der Waals surface area contributed by atoms with Gasteiger partial charge in [0.2, 0.25) is 0 Å². The molecule has 0 saturated carbocycles. The third-order valence-corrected chi connectivity index (χ3v) is 3.92. The van der Waals surface area contributed by atoms with Gasteiger partial charge in [-0.2, -0.15) is 0 Å². The van der Waals surface area contributed by atoms with Gasteiger partial charge in [0, 0.05) is 12.6 Å². The molecule has 23 heavy (non-hydrogen) atoms. The molecular formula is C16H20ClN3O2S. The highest BCUT2D eigenvalue weighted by atomic mass is 35.5. The van der Waals surface area contributed by atoms with E-state index in [2.05, 4.69) is 10.6 Å².